The second-order valence-electron chi connectivity index (χ2n) is 8.61. The molecule has 0 radical (unpaired) electrons. The van der Waals surface area contributed by atoms with Crippen LogP contribution >= 0.6 is 0 Å². The van der Waals surface area contributed by atoms with Gasteiger partial charge in [-0.25, -0.2) is 0 Å². The summed E-state index contributed by atoms with van der Waals surface area (Å²) in [5, 5.41) is 0. The fourth-order valence-corrected chi connectivity index (χ4v) is 5.45. The van der Waals surface area contributed by atoms with Gasteiger partial charge in [-0.2, -0.15) is 0 Å². The lowest BCUT2D eigenvalue weighted by molar-refractivity contribution is -0.148. The zero-order chi connectivity index (χ0) is 24.9. The van der Waals surface area contributed by atoms with Gasteiger partial charge in [0, 0.05) is 24.0 Å². The second-order valence-corrected chi connectivity index (χ2v) is 8.61. The van der Waals surface area contributed by atoms with E-state index in [1.54, 1.807) is 7.11 Å². The molecule has 9 heteroatoms. The fraction of sp³-hybridized carbons (Fsp3) is 0.520. The molecule has 5 atom stereocenters. The van der Waals surface area contributed by atoms with Crippen molar-refractivity contribution in [3.63, 3.8) is 0 Å². The highest BCUT2D eigenvalue weighted by molar-refractivity contribution is 6.05. The average Bonchev–Trinajstić information content (AvgIpc) is 3.12. The van der Waals surface area contributed by atoms with Gasteiger partial charge in [-0.05, 0) is 23.6 Å². The maximum absolute atomic E-state index is 13.1. The van der Waals surface area contributed by atoms with Crippen LogP contribution in [0.4, 0.5) is 0 Å². The van der Waals surface area contributed by atoms with Gasteiger partial charge < -0.3 is 33.2 Å². The second kappa shape index (κ2) is 8.54. The number of methoxy groups -OCH3 is 5. The van der Waals surface area contributed by atoms with Crippen LogP contribution in [0.3, 0.4) is 0 Å². The lowest BCUT2D eigenvalue weighted by Gasteiger charge is -2.40. The van der Waals surface area contributed by atoms with Crippen molar-refractivity contribution in [2.24, 2.45) is 11.8 Å². The molecular weight excluding hydrogens is 444 g/mol. The third kappa shape index (κ3) is 3.02. The number of ketones is 1. The molecule has 1 aliphatic carbocycles. The molecule has 0 unspecified atom stereocenters. The van der Waals surface area contributed by atoms with Gasteiger partial charge in [-0.15, -0.1) is 0 Å². The largest absolute Gasteiger partial charge is 0.493 e. The summed E-state index contributed by atoms with van der Waals surface area (Å²) < 4.78 is 41.1. The molecule has 1 fully saturated rings. The zero-order valence-corrected chi connectivity index (χ0v) is 20.6. The number of rotatable bonds is 6. The van der Waals surface area contributed by atoms with Gasteiger partial charge in [0.05, 0.1) is 41.7 Å². The summed E-state index contributed by atoms with van der Waals surface area (Å²) in [6.07, 6.45) is 0.210. The molecule has 0 saturated carbocycles. The van der Waals surface area contributed by atoms with E-state index in [0.29, 0.717) is 28.4 Å². The van der Waals surface area contributed by atoms with Gasteiger partial charge in [0.25, 0.3) is 0 Å². The molecule has 0 aromatic heterocycles. The van der Waals surface area contributed by atoms with Crippen molar-refractivity contribution in [2.45, 2.75) is 38.6 Å². The molecule has 184 valence electrons. The first-order valence-electron chi connectivity index (χ1n) is 11.0. The molecule has 2 bridgehead atoms. The summed E-state index contributed by atoms with van der Waals surface area (Å²) in [5.74, 6) is 0.172. The molecule has 4 rings (SSSR count). The summed E-state index contributed by atoms with van der Waals surface area (Å²) in [4.78, 5) is 25.3. The number of allylic oxidation sites excluding steroid dienone is 1. The molecule has 1 aromatic carbocycles. The molecule has 0 N–H and O–H groups in total. The van der Waals surface area contributed by atoms with Gasteiger partial charge in [-0.3, -0.25) is 9.59 Å². The number of carbonyl (C=O) groups is 2. The Morgan fingerprint density at radius 1 is 0.941 bits per heavy atom. The van der Waals surface area contributed by atoms with Crippen LogP contribution in [0.5, 0.6) is 17.2 Å². The minimum absolute atomic E-state index is 0.00142. The van der Waals surface area contributed by atoms with Crippen LogP contribution < -0.4 is 14.2 Å². The summed E-state index contributed by atoms with van der Waals surface area (Å²) in [5.41, 5.74) is 0.397. The Labute approximate surface area is 198 Å². The Morgan fingerprint density at radius 2 is 1.62 bits per heavy atom. The molecule has 1 spiro atoms. The Morgan fingerprint density at radius 3 is 2.15 bits per heavy atom. The Bertz CT molecular complexity index is 1100. The molecule has 0 amide bonds. The molecule has 3 aliphatic rings. The number of ether oxygens (including phenoxy) is 7. The smallest absolute Gasteiger partial charge is 0.303 e. The summed E-state index contributed by atoms with van der Waals surface area (Å²) in [6.45, 7) is 5.33. The summed E-state index contributed by atoms with van der Waals surface area (Å²) in [7, 11) is 7.42. The number of hydrogen-bond acceptors (Lipinski definition) is 9. The molecule has 34 heavy (non-hydrogen) atoms. The highest BCUT2D eigenvalue weighted by Gasteiger charge is 2.64. The minimum atomic E-state index is -1.45. The van der Waals surface area contributed by atoms with Gasteiger partial charge in [0.1, 0.15) is 6.10 Å². The molecule has 1 aromatic rings. The summed E-state index contributed by atoms with van der Waals surface area (Å²) in [6, 6.07) is 1.86. The van der Waals surface area contributed by atoms with Gasteiger partial charge in [0.2, 0.25) is 17.3 Å². The van der Waals surface area contributed by atoms with E-state index < -0.39 is 29.6 Å². The average molecular weight is 475 g/mol. The van der Waals surface area contributed by atoms with Crippen LogP contribution in [0.15, 0.2) is 29.2 Å². The quantitative estimate of drug-likeness (QED) is 0.576. The predicted molar refractivity (Wildman–Crippen MR) is 120 cm³/mol. The number of fused-ring (bicyclic) bond motifs is 3. The standard InChI is InChI=1S/C25H30O9/c1-11-12(2)20(33-13(3)26)15-10-16(27)21(29-5)24(32-8)25(15)18-14(19(11)34-25)9-17(28-4)22(30-6)23(18)31-7/h9-12,19-20H,1-8H3/t11-,12+,19-,20-,25+/m1/s1. The van der Waals surface area contributed by atoms with Crippen LogP contribution in [0.2, 0.25) is 0 Å². The Kier molecular flexibility index (Phi) is 6.01. The topological polar surface area (TPSA) is 98.8 Å². The maximum Gasteiger partial charge on any atom is 0.303 e. The highest BCUT2D eigenvalue weighted by Crippen LogP contribution is 2.65. The summed E-state index contributed by atoms with van der Waals surface area (Å²) >= 11 is 0. The lowest BCUT2D eigenvalue weighted by atomic mass is 9.69. The predicted octanol–water partition coefficient (Wildman–Crippen LogP) is 3.21. The van der Waals surface area contributed by atoms with Gasteiger partial charge >= 0.3 is 5.97 Å². The lowest BCUT2D eigenvalue weighted by Crippen LogP contribution is -2.44. The van der Waals surface area contributed by atoms with Crippen molar-refractivity contribution in [3.8, 4) is 17.2 Å². The van der Waals surface area contributed by atoms with E-state index in [2.05, 4.69) is 0 Å². The minimum Gasteiger partial charge on any atom is -0.493 e. The van der Waals surface area contributed by atoms with E-state index in [1.807, 2.05) is 19.9 Å². The van der Waals surface area contributed by atoms with Crippen LogP contribution in [0, 0.1) is 11.8 Å². The van der Waals surface area contributed by atoms with E-state index in [4.69, 9.17) is 33.2 Å². The SMILES string of the molecule is COC1=C(OC)[C@@]23O[C@@H](c4cc(OC)c(OC)c(OC)c42)[C@H](C)[C@H](C)[C@@H](OC(C)=O)C3=CC1=O. The number of carbonyl (C=O) groups excluding carboxylic acids is 2. The zero-order valence-electron chi connectivity index (χ0n) is 20.6. The van der Waals surface area contributed by atoms with Crippen molar-refractivity contribution in [1.29, 1.82) is 0 Å². The molecule has 9 nitrogen and oxygen atoms in total. The van der Waals surface area contributed by atoms with Crippen molar-refractivity contribution < 1.29 is 42.7 Å². The highest BCUT2D eigenvalue weighted by atomic mass is 16.6. The third-order valence-corrected chi connectivity index (χ3v) is 7.06. The normalized spacial score (nSPS) is 29.4. The molecule has 1 saturated heterocycles. The van der Waals surface area contributed by atoms with Crippen LogP contribution in [0.1, 0.15) is 38.0 Å². The first-order valence-corrected chi connectivity index (χ1v) is 11.0. The van der Waals surface area contributed by atoms with E-state index >= 15 is 0 Å². The maximum atomic E-state index is 13.1. The van der Waals surface area contributed by atoms with Crippen LogP contribution in [0.25, 0.3) is 0 Å². The number of benzene rings is 1. The number of esters is 1. The molecule has 2 heterocycles. The first-order chi connectivity index (χ1) is 16.2. The monoisotopic (exact) mass is 474 g/mol. The van der Waals surface area contributed by atoms with Crippen molar-refractivity contribution in [1.82, 2.24) is 0 Å². The van der Waals surface area contributed by atoms with E-state index in [1.165, 1.54) is 41.4 Å². The van der Waals surface area contributed by atoms with Crippen LogP contribution in [-0.4, -0.2) is 53.4 Å². The van der Waals surface area contributed by atoms with Crippen molar-refractivity contribution >= 4 is 11.8 Å². The molecular formula is C25H30O9. The Hall–Kier alpha value is -3.20. The molecule has 2 aliphatic heterocycles. The van der Waals surface area contributed by atoms with E-state index in [-0.39, 0.29) is 23.4 Å². The van der Waals surface area contributed by atoms with Gasteiger partial charge in [-0.1, -0.05) is 13.8 Å². The van der Waals surface area contributed by atoms with Crippen molar-refractivity contribution in [2.75, 3.05) is 35.5 Å². The first kappa shape index (κ1) is 23.9. The third-order valence-electron chi connectivity index (χ3n) is 7.06. The Balaban J connectivity index is 2.18. The van der Waals surface area contributed by atoms with Crippen molar-refractivity contribution in [3.05, 3.63) is 40.4 Å². The van der Waals surface area contributed by atoms with E-state index in [0.717, 1.165) is 5.56 Å². The van der Waals surface area contributed by atoms with E-state index in [9.17, 15) is 9.59 Å². The number of hydrogen-bond donors (Lipinski definition) is 0. The van der Waals surface area contributed by atoms with Crippen LogP contribution in [-0.2, 0) is 34.1 Å². The fourth-order valence-electron chi connectivity index (χ4n) is 5.45. The van der Waals surface area contributed by atoms with Gasteiger partial charge in [0.15, 0.2) is 22.9 Å².